The van der Waals surface area contributed by atoms with Gasteiger partial charge < -0.3 is 19.7 Å². The number of anilines is 2. The van der Waals surface area contributed by atoms with Gasteiger partial charge in [0.1, 0.15) is 5.75 Å². The molecule has 1 aromatic heterocycles. The number of nitrogens with zero attached hydrogens (tertiary/aromatic N) is 2. The fraction of sp³-hybridized carbons (Fsp3) is 0.400. The van der Waals surface area contributed by atoms with E-state index in [0.29, 0.717) is 0 Å². The van der Waals surface area contributed by atoms with Crippen molar-refractivity contribution in [3.8, 4) is 5.75 Å². The van der Waals surface area contributed by atoms with E-state index in [-0.39, 0.29) is 0 Å². The molecule has 1 heterocycles. The molecule has 0 bridgehead atoms. The third-order valence-electron chi connectivity index (χ3n) is 3.05. The lowest BCUT2D eigenvalue weighted by Crippen LogP contribution is -2.17. The van der Waals surface area contributed by atoms with Crippen molar-refractivity contribution in [1.29, 1.82) is 0 Å². The van der Waals surface area contributed by atoms with Gasteiger partial charge in [0.25, 0.3) is 0 Å². The quantitative estimate of drug-likeness (QED) is 0.760. The lowest BCUT2D eigenvalue weighted by Gasteiger charge is -2.16. The van der Waals surface area contributed by atoms with E-state index in [0.717, 1.165) is 36.3 Å². The number of methoxy groups -OCH3 is 2. The van der Waals surface area contributed by atoms with Crippen LogP contribution in [0.3, 0.4) is 0 Å². The Morgan fingerprint density at radius 1 is 1.33 bits per heavy atom. The van der Waals surface area contributed by atoms with E-state index < -0.39 is 0 Å². The first kappa shape index (κ1) is 15.8. The van der Waals surface area contributed by atoms with Gasteiger partial charge >= 0.3 is 0 Å². The fourth-order valence-electron chi connectivity index (χ4n) is 1.85. The molecule has 0 saturated carbocycles. The minimum absolute atomic E-state index is 0.718. The van der Waals surface area contributed by atoms with Gasteiger partial charge in [0, 0.05) is 50.1 Å². The van der Waals surface area contributed by atoms with Crippen LogP contribution in [0.2, 0.25) is 0 Å². The molecule has 2 aromatic rings. The van der Waals surface area contributed by atoms with Crippen LogP contribution in [0.25, 0.3) is 0 Å². The first-order valence-electron chi connectivity index (χ1n) is 6.76. The monoisotopic (exact) mass is 307 g/mol. The standard InChI is InChI=1S/C15H21N3O2S/c1-18(12-5-4-6-13(9-12)20-3)15-17-11-14(21-15)10-16-7-8-19-2/h4-6,9,11,16H,7-8,10H2,1-3H3. The Bertz CT molecular complexity index is 559. The van der Waals surface area contributed by atoms with Gasteiger partial charge in [-0.1, -0.05) is 6.07 Å². The summed E-state index contributed by atoms with van der Waals surface area (Å²) >= 11 is 1.68. The molecule has 114 valence electrons. The topological polar surface area (TPSA) is 46.6 Å². The molecule has 0 aliphatic carbocycles. The molecule has 0 aliphatic rings. The van der Waals surface area contributed by atoms with E-state index in [4.69, 9.17) is 9.47 Å². The summed E-state index contributed by atoms with van der Waals surface area (Å²) in [5.74, 6) is 0.845. The van der Waals surface area contributed by atoms with Crippen LogP contribution in [-0.2, 0) is 11.3 Å². The number of rotatable bonds is 8. The van der Waals surface area contributed by atoms with Crippen molar-refractivity contribution in [1.82, 2.24) is 10.3 Å². The van der Waals surface area contributed by atoms with Gasteiger partial charge in [-0.3, -0.25) is 0 Å². The zero-order chi connectivity index (χ0) is 15.1. The Labute approximate surface area is 129 Å². The lowest BCUT2D eigenvalue weighted by molar-refractivity contribution is 0.199. The minimum atomic E-state index is 0.718. The Balaban J connectivity index is 1.99. The third-order valence-corrected chi connectivity index (χ3v) is 4.12. The maximum Gasteiger partial charge on any atom is 0.189 e. The van der Waals surface area contributed by atoms with Gasteiger partial charge in [-0.05, 0) is 12.1 Å². The summed E-state index contributed by atoms with van der Waals surface area (Å²) in [6.45, 7) is 2.37. The molecule has 0 saturated heterocycles. The summed E-state index contributed by atoms with van der Waals surface area (Å²) in [5, 5.41) is 4.28. The molecule has 2 rings (SSSR count). The van der Waals surface area contributed by atoms with E-state index in [1.165, 1.54) is 4.88 Å². The second-order valence-corrected chi connectivity index (χ2v) is 5.63. The lowest BCUT2D eigenvalue weighted by atomic mass is 10.3. The van der Waals surface area contributed by atoms with Crippen molar-refractivity contribution in [3.63, 3.8) is 0 Å². The number of ether oxygens (including phenoxy) is 2. The zero-order valence-corrected chi connectivity index (χ0v) is 13.4. The normalized spacial score (nSPS) is 10.6. The molecule has 0 spiro atoms. The van der Waals surface area contributed by atoms with E-state index >= 15 is 0 Å². The summed E-state index contributed by atoms with van der Waals surface area (Å²) < 4.78 is 10.3. The molecule has 1 aromatic carbocycles. The van der Waals surface area contributed by atoms with Gasteiger partial charge in [-0.2, -0.15) is 0 Å². The van der Waals surface area contributed by atoms with Crippen molar-refractivity contribution in [2.45, 2.75) is 6.54 Å². The van der Waals surface area contributed by atoms with Gasteiger partial charge in [-0.25, -0.2) is 4.98 Å². The molecule has 6 heteroatoms. The second-order valence-electron chi connectivity index (χ2n) is 4.54. The summed E-state index contributed by atoms with van der Waals surface area (Å²) in [4.78, 5) is 7.75. The Morgan fingerprint density at radius 3 is 2.95 bits per heavy atom. The molecular weight excluding hydrogens is 286 g/mol. The van der Waals surface area contributed by atoms with Gasteiger partial charge in [-0.15, -0.1) is 11.3 Å². The van der Waals surface area contributed by atoms with Crippen molar-refractivity contribution < 1.29 is 9.47 Å². The van der Waals surface area contributed by atoms with Crippen molar-refractivity contribution in [2.24, 2.45) is 0 Å². The molecular formula is C15H21N3O2S. The summed E-state index contributed by atoms with van der Waals surface area (Å²) in [6.07, 6.45) is 1.91. The maximum atomic E-state index is 5.26. The number of nitrogens with one attached hydrogen (secondary N) is 1. The average Bonchev–Trinajstić information content (AvgIpc) is 3.00. The van der Waals surface area contributed by atoms with Gasteiger partial charge in [0.15, 0.2) is 5.13 Å². The van der Waals surface area contributed by atoms with Crippen LogP contribution in [0.4, 0.5) is 10.8 Å². The van der Waals surface area contributed by atoms with Crippen LogP contribution in [-0.4, -0.2) is 39.4 Å². The molecule has 0 fully saturated rings. The smallest absolute Gasteiger partial charge is 0.189 e. The highest BCUT2D eigenvalue weighted by Crippen LogP contribution is 2.29. The fourth-order valence-corrected chi connectivity index (χ4v) is 2.71. The zero-order valence-electron chi connectivity index (χ0n) is 12.6. The van der Waals surface area contributed by atoms with Crippen LogP contribution in [0.1, 0.15) is 4.88 Å². The van der Waals surface area contributed by atoms with Crippen LogP contribution in [0, 0.1) is 0 Å². The number of benzene rings is 1. The number of aromatic nitrogens is 1. The summed E-state index contributed by atoms with van der Waals surface area (Å²) in [7, 11) is 5.39. The van der Waals surface area contributed by atoms with Crippen LogP contribution >= 0.6 is 11.3 Å². The third kappa shape index (κ3) is 4.42. The summed E-state index contributed by atoms with van der Waals surface area (Å²) in [5.41, 5.74) is 1.06. The van der Waals surface area contributed by atoms with Crippen LogP contribution < -0.4 is 15.0 Å². The molecule has 21 heavy (non-hydrogen) atoms. The number of hydrogen-bond acceptors (Lipinski definition) is 6. The Kier molecular flexibility index (Phi) is 5.98. The maximum absolute atomic E-state index is 5.26. The van der Waals surface area contributed by atoms with E-state index in [1.54, 1.807) is 25.6 Å². The SMILES string of the molecule is COCCNCc1cnc(N(C)c2cccc(OC)c2)s1. The summed E-state index contributed by atoms with van der Waals surface area (Å²) in [6, 6.07) is 7.95. The van der Waals surface area contributed by atoms with E-state index in [9.17, 15) is 0 Å². The highest BCUT2D eigenvalue weighted by Gasteiger charge is 2.09. The molecule has 0 radical (unpaired) electrons. The molecule has 0 unspecified atom stereocenters. The largest absolute Gasteiger partial charge is 0.497 e. The number of thiazole rings is 1. The Hall–Kier alpha value is -1.63. The number of hydrogen-bond donors (Lipinski definition) is 1. The predicted octanol–water partition coefficient (Wildman–Crippen LogP) is 2.66. The van der Waals surface area contributed by atoms with Crippen molar-refractivity contribution in [3.05, 3.63) is 35.3 Å². The first-order valence-corrected chi connectivity index (χ1v) is 7.58. The molecule has 0 atom stereocenters. The molecule has 1 N–H and O–H groups in total. The van der Waals surface area contributed by atoms with Crippen LogP contribution in [0.15, 0.2) is 30.5 Å². The molecule has 0 aliphatic heterocycles. The first-order chi connectivity index (χ1) is 10.2. The highest BCUT2D eigenvalue weighted by molar-refractivity contribution is 7.15. The van der Waals surface area contributed by atoms with Gasteiger partial charge in [0.2, 0.25) is 0 Å². The second kappa shape index (κ2) is 7.97. The van der Waals surface area contributed by atoms with E-state index in [1.807, 2.05) is 37.5 Å². The van der Waals surface area contributed by atoms with Crippen molar-refractivity contribution in [2.75, 3.05) is 39.3 Å². The average molecular weight is 307 g/mol. The van der Waals surface area contributed by atoms with Gasteiger partial charge in [0.05, 0.1) is 13.7 Å². The minimum Gasteiger partial charge on any atom is -0.497 e. The van der Waals surface area contributed by atoms with Crippen LogP contribution in [0.5, 0.6) is 5.75 Å². The Morgan fingerprint density at radius 2 is 2.19 bits per heavy atom. The molecule has 5 nitrogen and oxygen atoms in total. The van der Waals surface area contributed by atoms with Crippen molar-refractivity contribution >= 4 is 22.2 Å². The molecule has 0 amide bonds. The van der Waals surface area contributed by atoms with E-state index in [2.05, 4.69) is 15.2 Å². The predicted molar refractivity (Wildman–Crippen MR) is 86.8 cm³/mol. The highest BCUT2D eigenvalue weighted by atomic mass is 32.1.